The molecule has 0 aliphatic heterocycles. The first-order valence-electron chi connectivity index (χ1n) is 5.95. The maximum atomic E-state index is 10.2. The zero-order valence-corrected chi connectivity index (χ0v) is 10.4. The molecule has 2 rings (SSSR count). The quantitative estimate of drug-likeness (QED) is 0.848. The van der Waals surface area contributed by atoms with Gasteiger partial charge in [0.25, 0.3) is 0 Å². The molecule has 0 aliphatic rings. The Labute approximate surface area is 103 Å². The highest BCUT2D eigenvalue weighted by Gasteiger charge is 2.08. The topological polar surface area (TPSA) is 20.2 Å². The van der Waals surface area contributed by atoms with Crippen molar-refractivity contribution in [2.45, 2.75) is 26.4 Å². The van der Waals surface area contributed by atoms with Gasteiger partial charge in [-0.15, -0.1) is 0 Å². The van der Waals surface area contributed by atoms with Crippen LogP contribution in [0.15, 0.2) is 48.5 Å². The Morgan fingerprint density at radius 1 is 0.941 bits per heavy atom. The van der Waals surface area contributed by atoms with Gasteiger partial charge in [0.1, 0.15) is 0 Å². The van der Waals surface area contributed by atoms with Crippen LogP contribution in [0.2, 0.25) is 0 Å². The summed E-state index contributed by atoms with van der Waals surface area (Å²) in [6, 6.07) is 16.4. The average Bonchev–Trinajstić information content (AvgIpc) is 2.29. The fraction of sp³-hybridized carbons (Fsp3) is 0.250. The molecular weight excluding hydrogens is 208 g/mol. The summed E-state index contributed by atoms with van der Waals surface area (Å²) < 4.78 is 0. The smallest absolute Gasteiger partial charge is 0.0830 e. The van der Waals surface area contributed by atoms with Crippen molar-refractivity contribution in [3.63, 3.8) is 0 Å². The summed E-state index contributed by atoms with van der Waals surface area (Å²) in [4.78, 5) is 0. The fourth-order valence-electron chi connectivity index (χ4n) is 1.97. The van der Waals surface area contributed by atoms with Crippen LogP contribution < -0.4 is 0 Å². The lowest BCUT2D eigenvalue weighted by Crippen LogP contribution is -2.01. The molecule has 1 nitrogen and oxygen atoms in total. The minimum absolute atomic E-state index is 0.419. The second kappa shape index (κ2) is 5.15. The molecular formula is C16H18O. The second-order valence-corrected chi connectivity index (χ2v) is 4.62. The molecule has 0 aliphatic carbocycles. The summed E-state index contributed by atoms with van der Waals surface area (Å²) in [5, 5.41) is 10.2. The van der Waals surface area contributed by atoms with Crippen LogP contribution in [0.5, 0.6) is 0 Å². The normalized spacial score (nSPS) is 12.4. The van der Waals surface area contributed by atoms with E-state index in [1.54, 1.807) is 0 Å². The summed E-state index contributed by atoms with van der Waals surface area (Å²) >= 11 is 0. The Kier molecular flexibility index (Phi) is 3.60. The van der Waals surface area contributed by atoms with Crippen molar-refractivity contribution in [3.05, 3.63) is 70.8 Å². The molecule has 0 radical (unpaired) electrons. The highest BCUT2D eigenvalue weighted by molar-refractivity contribution is 5.27. The number of hydrogen-bond donors (Lipinski definition) is 1. The van der Waals surface area contributed by atoms with Crippen molar-refractivity contribution < 1.29 is 5.11 Å². The van der Waals surface area contributed by atoms with Crippen LogP contribution in [0.1, 0.15) is 28.4 Å². The van der Waals surface area contributed by atoms with Gasteiger partial charge in [-0.25, -0.2) is 0 Å². The summed E-state index contributed by atoms with van der Waals surface area (Å²) in [5.41, 5.74) is 4.62. The van der Waals surface area contributed by atoms with Gasteiger partial charge in [0.15, 0.2) is 0 Å². The first-order valence-corrected chi connectivity index (χ1v) is 5.95. The molecule has 0 saturated carbocycles. The Morgan fingerprint density at radius 3 is 2.29 bits per heavy atom. The number of hydrogen-bond acceptors (Lipinski definition) is 1. The van der Waals surface area contributed by atoms with Crippen molar-refractivity contribution in [1.82, 2.24) is 0 Å². The Balaban J connectivity index is 2.11. The van der Waals surface area contributed by atoms with Gasteiger partial charge >= 0.3 is 0 Å². The van der Waals surface area contributed by atoms with E-state index >= 15 is 0 Å². The maximum Gasteiger partial charge on any atom is 0.0830 e. The van der Waals surface area contributed by atoms with Gasteiger partial charge in [0.05, 0.1) is 6.10 Å². The van der Waals surface area contributed by atoms with E-state index in [9.17, 15) is 5.11 Å². The number of benzene rings is 2. The minimum atomic E-state index is -0.419. The molecule has 88 valence electrons. The standard InChI is InChI=1S/C16H18O/c1-12-6-8-15(9-7-12)16(17)11-14-5-3-4-13(2)10-14/h3-10,16-17H,11H2,1-2H3. The van der Waals surface area contributed by atoms with Crippen molar-refractivity contribution >= 4 is 0 Å². The number of rotatable bonds is 3. The molecule has 0 aromatic heterocycles. The van der Waals surface area contributed by atoms with Crippen molar-refractivity contribution in [3.8, 4) is 0 Å². The molecule has 0 amide bonds. The van der Waals surface area contributed by atoms with Gasteiger partial charge in [-0.05, 0) is 25.0 Å². The van der Waals surface area contributed by atoms with Crippen LogP contribution in [0.25, 0.3) is 0 Å². The third-order valence-electron chi connectivity index (χ3n) is 2.97. The molecule has 0 bridgehead atoms. The Morgan fingerprint density at radius 2 is 1.65 bits per heavy atom. The van der Waals surface area contributed by atoms with E-state index < -0.39 is 6.10 Å². The summed E-state index contributed by atoms with van der Waals surface area (Å²) in [6.07, 6.45) is 0.252. The molecule has 1 N–H and O–H groups in total. The summed E-state index contributed by atoms with van der Waals surface area (Å²) in [5.74, 6) is 0. The Bertz CT molecular complexity index is 485. The van der Waals surface area contributed by atoms with Crippen LogP contribution in [0.3, 0.4) is 0 Å². The third kappa shape index (κ3) is 3.18. The van der Waals surface area contributed by atoms with Gasteiger partial charge in [-0.3, -0.25) is 0 Å². The second-order valence-electron chi connectivity index (χ2n) is 4.62. The lowest BCUT2D eigenvalue weighted by Gasteiger charge is -2.11. The van der Waals surface area contributed by atoms with E-state index in [0.717, 1.165) is 5.56 Å². The van der Waals surface area contributed by atoms with Crippen LogP contribution in [-0.2, 0) is 6.42 Å². The van der Waals surface area contributed by atoms with Crippen LogP contribution in [0.4, 0.5) is 0 Å². The zero-order chi connectivity index (χ0) is 12.3. The van der Waals surface area contributed by atoms with E-state index in [4.69, 9.17) is 0 Å². The molecule has 1 unspecified atom stereocenters. The fourth-order valence-corrected chi connectivity index (χ4v) is 1.97. The van der Waals surface area contributed by atoms with Gasteiger partial charge < -0.3 is 5.11 Å². The highest BCUT2D eigenvalue weighted by Crippen LogP contribution is 2.19. The van der Waals surface area contributed by atoms with E-state index in [-0.39, 0.29) is 0 Å². The number of aliphatic hydroxyl groups excluding tert-OH is 1. The van der Waals surface area contributed by atoms with Crippen molar-refractivity contribution in [1.29, 1.82) is 0 Å². The number of aliphatic hydroxyl groups is 1. The monoisotopic (exact) mass is 226 g/mol. The van der Waals surface area contributed by atoms with Crippen molar-refractivity contribution in [2.75, 3.05) is 0 Å². The van der Waals surface area contributed by atoms with Gasteiger partial charge in [-0.2, -0.15) is 0 Å². The van der Waals surface area contributed by atoms with Crippen LogP contribution >= 0.6 is 0 Å². The maximum absolute atomic E-state index is 10.2. The van der Waals surface area contributed by atoms with Gasteiger partial charge in [0.2, 0.25) is 0 Å². The first kappa shape index (κ1) is 11.9. The average molecular weight is 226 g/mol. The molecule has 0 saturated heterocycles. The lowest BCUT2D eigenvalue weighted by molar-refractivity contribution is 0.178. The van der Waals surface area contributed by atoms with Crippen LogP contribution in [0, 0.1) is 13.8 Å². The zero-order valence-electron chi connectivity index (χ0n) is 10.4. The molecule has 0 fully saturated rings. The predicted molar refractivity (Wildman–Crippen MR) is 71.0 cm³/mol. The van der Waals surface area contributed by atoms with E-state index in [0.29, 0.717) is 6.42 Å². The SMILES string of the molecule is Cc1ccc(C(O)Cc2cccc(C)c2)cc1. The van der Waals surface area contributed by atoms with E-state index in [1.807, 2.05) is 30.3 Å². The summed E-state index contributed by atoms with van der Waals surface area (Å²) in [7, 11) is 0. The van der Waals surface area contributed by atoms with Crippen LogP contribution in [-0.4, -0.2) is 5.11 Å². The highest BCUT2D eigenvalue weighted by atomic mass is 16.3. The molecule has 0 spiro atoms. The lowest BCUT2D eigenvalue weighted by atomic mass is 9.99. The van der Waals surface area contributed by atoms with Gasteiger partial charge in [0, 0.05) is 6.42 Å². The molecule has 1 heteroatoms. The van der Waals surface area contributed by atoms with E-state index in [2.05, 4.69) is 32.0 Å². The first-order chi connectivity index (χ1) is 8.15. The predicted octanol–water partition coefficient (Wildman–Crippen LogP) is 3.58. The molecule has 17 heavy (non-hydrogen) atoms. The molecule has 2 aromatic carbocycles. The third-order valence-corrected chi connectivity index (χ3v) is 2.97. The summed E-state index contributed by atoms with van der Waals surface area (Å²) in [6.45, 7) is 4.12. The molecule has 2 aromatic rings. The Hall–Kier alpha value is -1.60. The molecule has 0 heterocycles. The number of aryl methyl sites for hydroxylation is 2. The van der Waals surface area contributed by atoms with Crippen molar-refractivity contribution in [2.24, 2.45) is 0 Å². The van der Waals surface area contributed by atoms with Gasteiger partial charge in [-0.1, -0.05) is 59.7 Å². The largest absolute Gasteiger partial charge is 0.388 e. The minimum Gasteiger partial charge on any atom is -0.388 e. The molecule has 1 atom stereocenters. The van der Waals surface area contributed by atoms with E-state index in [1.165, 1.54) is 16.7 Å².